The number of fused-ring (bicyclic) bond motifs is 1. The molecule has 0 aromatic heterocycles. The topological polar surface area (TPSA) is 55.5 Å². The number of ether oxygens (including phenoxy) is 1. The molecule has 0 radical (unpaired) electrons. The van der Waals surface area contributed by atoms with Crippen LogP contribution in [-0.4, -0.2) is 5.11 Å². The molecule has 0 aliphatic heterocycles. The Bertz CT molecular complexity index is 592. The van der Waals surface area contributed by atoms with Crippen LogP contribution in [0.4, 0.5) is 0 Å². The van der Waals surface area contributed by atoms with Gasteiger partial charge in [-0.2, -0.15) is 0 Å². The van der Waals surface area contributed by atoms with Gasteiger partial charge in [-0.1, -0.05) is 18.2 Å². The molecule has 3 rings (SSSR count). The second-order valence-corrected chi connectivity index (χ2v) is 5.31. The highest BCUT2D eigenvalue weighted by molar-refractivity contribution is 5.39. The number of aromatic hydroxyl groups is 1. The van der Waals surface area contributed by atoms with Crippen LogP contribution in [0.1, 0.15) is 35.6 Å². The fourth-order valence-corrected chi connectivity index (χ4v) is 2.66. The zero-order valence-electron chi connectivity index (χ0n) is 11.4. The van der Waals surface area contributed by atoms with Gasteiger partial charge in [-0.15, -0.1) is 0 Å². The molecule has 0 amide bonds. The van der Waals surface area contributed by atoms with E-state index in [0.29, 0.717) is 6.61 Å². The van der Waals surface area contributed by atoms with E-state index in [0.717, 1.165) is 24.2 Å². The molecule has 0 spiro atoms. The van der Waals surface area contributed by atoms with Gasteiger partial charge in [-0.05, 0) is 60.2 Å². The summed E-state index contributed by atoms with van der Waals surface area (Å²) in [4.78, 5) is 0. The van der Waals surface area contributed by atoms with Gasteiger partial charge in [0.25, 0.3) is 0 Å². The molecule has 104 valence electrons. The largest absolute Gasteiger partial charge is 0.508 e. The highest BCUT2D eigenvalue weighted by Crippen LogP contribution is 2.31. The first-order valence-corrected chi connectivity index (χ1v) is 7.01. The second-order valence-electron chi connectivity index (χ2n) is 5.31. The van der Waals surface area contributed by atoms with E-state index in [9.17, 15) is 5.11 Å². The van der Waals surface area contributed by atoms with E-state index in [1.54, 1.807) is 12.1 Å². The van der Waals surface area contributed by atoms with Crippen molar-refractivity contribution < 1.29 is 9.84 Å². The van der Waals surface area contributed by atoms with Crippen LogP contribution in [0.15, 0.2) is 42.5 Å². The van der Waals surface area contributed by atoms with Crippen molar-refractivity contribution in [3.63, 3.8) is 0 Å². The standard InChI is InChI=1S/C17H19NO2/c18-17-3-1-2-13-6-9-15(10-16(13)17)20-11-12-4-7-14(19)8-5-12/h4-10,17,19H,1-3,11,18H2/t17-/m1/s1. The Morgan fingerprint density at radius 1 is 1.15 bits per heavy atom. The number of benzene rings is 2. The zero-order valence-corrected chi connectivity index (χ0v) is 11.4. The summed E-state index contributed by atoms with van der Waals surface area (Å²) in [6.45, 7) is 0.494. The Labute approximate surface area is 119 Å². The molecule has 20 heavy (non-hydrogen) atoms. The predicted octanol–water partition coefficient (Wildman–Crippen LogP) is 3.31. The molecule has 0 bridgehead atoms. The minimum Gasteiger partial charge on any atom is -0.508 e. The van der Waals surface area contributed by atoms with E-state index in [1.165, 1.54) is 17.5 Å². The van der Waals surface area contributed by atoms with Crippen molar-refractivity contribution in [2.45, 2.75) is 31.9 Å². The van der Waals surface area contributed by atoms with E-state index in [1.807, 2.05) is 18.2 Å². The van der Waals surface area contributed by atoms with E-state index in [2.05, 4.69) is 12.1 Å². The highest BCUT2D eigenvalue weighted by atomic mass is 16.5. The number of hydrogen-bond acceptors (Lipinski definition) is 3. The first-order valence-electron chi connectivity index (χ1n) is 7.01. The average molecular weight is 269 g/mol. The molecule has 2 aromatic carbocycles. The van der Waals surface area contributed by atoms with Gasteiger partial charge in [0.2, 0.25) is 0 Å². The Morgan fingerprint density at radius 2 is 1.95 bits per heavy atom. The lowest BCUT2D eigenvalue weighted by molar-refractivity contribution is 0.305. The molecule has 1 atom stereocenters. The van der Waals surface area contributed by atoms with Crippen LogP contribution in [0.25, 0.3) is 0 Å². The summed E-state index contributed by atoms with van der Waals surface area (Å²) in [5, 5.41) is 9.25. The van der Waals surface area contributed by atoms with Crippen LogP contribution < -0.4 is 10.5 Å². The monoisotopic (exact) mass is 269 g/mol. The third-order valence-electron chi connectivity index (χ3n) is 3.82. The minimum absolute atomic E-state index is 0.135. The van der Waals surface area contributed by atoms with Crippen molar-refractivity contribution in [2.75, 3.05) is 0 Å². The van der Waals surface area contributed by atoms with Crippen molar-refractivity contribution in [1.29, 1.82) is 0 Å². The molecule has 0 saturated carbocycles. The van der Waals surface area contributed by atoms with E-state index in [-0.39, 0.29) is 11.8 Å². The molecule has 3 N–H and O–H groups in total. The number of hydrogen-bond donors (Lipinski definition) is 2. The molecule has 0 unspecified atom stereocenters. The summed E-state index contributed by atoms with van der Waals surface area (Å²) in [5.41, 5.74) is 9.76. The van der Waals surface area contributed by atoms with Gasteiger partial charge in [0, 0.05) is 6.04 Å². The van der Waals surface area contributed by atoms with Gasteiger partial charge in [0.15, 0.2) is 0 Å². The lowest BCUT2D eigenvalue weighted by Gasteiger charge is -2.22. The first kappa shape index (κ1) is 13.0. The minimum atomic E-state index is 0.135. The summed E-state index contributed by atoms with van der Waals surface area (Å²) < 4.78 is 5.81. The van der Waals surface area contributed by atoms with E-state index < -0.39 is 0 Å². The van der Waals surface area contributed by atoms with Crippen LogP contribution in [0.2, 0.25) is 0 Å². The Hall–Kier alpha value is -2.00. The predicted molar refractivity (Wildman–Crippen MR) is 78.7 cm³/mol. The van der Waals surface area contributed by atoms with E-state index in [4.69, 9.17) is 10.5 Å². The number of nitrogens with two attached hydrogens (primary N) is 1. The molecule has 3 heteroatoms. The normalized spacial score (nSPS) is 17.6. The maximum Gasteiger partial charge on any atom is 0.120 e. The van der Waals surface area contributed by atoms with Crippen LogP contribution in [-0.2, 0) is 13.0 Å². The quantitative estimate of drug-likeness (QED) is 0.898. The molecule has 0 saturated heterocycles. The third kappa shape index (κ3) is 2.78. The molecule has 0 fully saturated rings. The van der Waals surface area contributed by atoms with Gasteiger partial charge in [-0.3, -0.25) is 0 Å². The maximum atomic E-state index is 9.25. The van der Waals surface area contributed by atoms with Gasteiger partial charge in [0.1, 0.15) is 18.1 Å². The summed E-state index contributed by atoms with van der Waals surface area (Å²) in [7, 11) is 0. The molecular formula is C17H19NO2. The van der Waals surface area contributed by atoms with Crippen molar-refractivity contribution >= 4 is 0 Å². The second kappa shape index (κ2) is 5.55. The summed E-state index contributed by atoms with van der Waals surface area (Å²) in [6, 6.07) is 13.4. The summed E-state index contributed by atoms with van der Waals surface area (Å²) in [6.07, 6.45) is 3.33. The van der Waals surface area contributed by atoms with Gasteiger partial charge >= 0.3 is 0 Å². The number of aryl methyl sites for hydroxylation is 1. The fraction of sp³-hybridized carbons (Fsp3) is 0.294. The van der Waals surface area contributed by atoms with Crippen LogP contribution in [0.3, 0.4) is 0 Å². The Kier molecular flexibility index (Phi) is 3.61. The summed E-state index contributed by atoms with van der Waals surface area (Å²) >= 11 is 0. The van der Waals surface area contributed by atoms with Crippen LogP contribution >= 0.6 is 0 Å². The molecule has 3 nitrogen and oxygen atoms in total. The van der Waals surface area contributed by atoms with Crippen molar-refractivity contribution in [1.82, 2.24) is 0 Å². The maximum absolute atomic E-state index is 9.25. The van der Waals surface area contributed by atoms with Crippen molar-refractivity contribution in [2.24, 2.45) is 5.73 Å². The van der Waals surface area contributed by atoms with Gasteiger partial charge < -0.3 is 15.6 Å². The SMILES string of the molecule is N[C@@H]1CCCc2ccc(OCc3ccc(O)cc3)cc21. The molecule has 2 aromatic rings. The molecule has 1 aliphatic carbocycles. The number of phenolic OH excluding ortho intramolecular Hbond substituents is 1. The van der Waals surface area contributed by atoms with Crippen molar-refractivity contribution in [3.8, 4) is 11.5 Å². The Morgan fingerprint density at radius 3 is 2.75 bits per heavy atom. The smallest absolute Gasteiger partial charge is 0.120 e. The van der Waals surface area contributed by atoms with E-state index >= 15 is 0 Å². The van der Waals surface area contributed by atoms with Crippen LogP contribution in [0, 0.1) is 0 Å². The highest BCUT2D eigenvalue weighted by Gasteiger charge is 2.17. The number of rotatable bonds is 3. The third-order valence-corrected chi connectivity index (χ3v) is 3.82. The zero-order chi connectivity index (χ0) is 13.9. The summed E-state index contributed by atoms with van der Waals surface area (Å²) in [5.74, 6) is 1.13. The number of phenols is 1. The van der Waals surface area contributed by atoms with Gasteiger partial charge in [0.05, 0.1) is 0 Å². The molecule has 1 aliphatic rings. The van der Waals surface area contributed by atoms with Crippen molar-refractivity contribution in [3.05, 3.63) is 59.2 Å². The Balaban J connectivity index is 1.72. The van der Waals surface area contributed by atoms with Crippen LogP contribution in [0.5, 0.6) is 11.5 Å². The molecule has 0 heterocycles. The average Bonchev–Trinajstić information content (AvgIpc) is 2.47. The van der Waals surface area contributed by atoms with Gasteiger partial charge in [-0.25, -0.2) is 0 Å². The first-order chi connectivity index (χ1) is 9.72. The fourth-order valence-electron chi connectivity index (χ4n) is 2.66. The lowest BCUT2D eigenvalue weighted by atomic mass is 9.88. The lowest BCUT2D eigenvalue weighted by Crippen LogP contribution is -2.17. The molecular weight excluding hydrogens is 250 g/mol.